The summed E-state index contributed by atoms with van der Waals surface area (Å²) in [6.45, 7) is 1.67. The number of hydrogen-bond acceptors (Lipinski definition) is 8. The van der Waals surface area contributed by atoms with Crippen molar-refractivity contribution < 1.29 is 43.7 Å². The zero-order valence-corrected chi connectivity index (χ0v) is 23.7. The summed E-state index contributed by atoms with van der Waals surface area (Å²) in [6.07, 6.45) is -0.335. The first-order valence-electron chi connectivity index (χ1n) is 13.5. The first-order chi connectivity index (χ1) is 20.1. The largest absolute Gasteiger partial charge is 0.497 e. The van der Waals surface area contributed by atoms with Gasteiger partial charge in [0, 0.05) is 12.1 Å². The summed E-state index contributed by atoms with van der Waals surface area (Å²) in [5.41, 5.74) is 6.57. The number of nitrogens with two attached hydrogens (primary N) is 1. The molecule has 0 aromatic heterocycles. The lowest BCUT2D eigenvalue weighted by Gasteiger charge is -2.27. The maximum absolute atomic E-state index is 13.1. The van der Waals surface area contributed by atoms with E-state index in [0.717, 1.165) is 10.5 Å². The summed E-state index contributed by atoms with van der Waals surface area (Å²) in [7, 11) is 1.46. The lowest BCUT2D eigenvalue weighted by atomic mass is 10.1. The highest BCUT2D eigenvalue weighted by Crippen LogP contribution is 2.23. The molecular formula is C29H38N4O9. The number of carboxylic acid groups (broad SMARTS) is 2. The van der Waals surface area contributed by atoms with Gasteiger partial charge in [0.2, 0.25) is 11.8 Å². The van der Waals surface area contributed by atoms with Gasteiger partial charge in [-0.05, 0) is 69.0 Å². The molecule has 6 N–H and O–H groups in total. The number of unbranched alkanes of at least 4 members (excludes halogenated alkanes) is 1. The second kappa shape index (κ2) is 17.2. The summed E-state index contributed by atoms with van der Waals surface area (Å²) < 4.78 is 10.3. The molecule has 0 saturated carbocycles. The molecule has 2 rings (SSSR count). The Morgan fingerprint density at radius 1 is 0.881 bits per heavy atom. The van der Waals surface area contributed by atoms with Crippen molar-refractivity contribution in [2.24, 2.45) is 5.73 Å². The van der Waals surface area contributed by atoms with Crippen LogP contribution in [0.5, 0.6) is 5.75 Å². The van der Waals surface area contributed by atoms with E-state index in [2.05, 4.69) is 10.6 Å². The standard InChI is InChI=1S/C29H38N4O9/c1-19(27(36)37)33(21-11-13-22(41-2)14-12-21)25(34)16-15-24(28(38)39)31-26(35)23(10-6-7-17-30)32-29(40)42-18-20-8-4-3-5-9-20/h3-5,8-9,11-14,19,23-24H,6-7,10,15-18,30H2,1-2H3,(H,31,35)(H,32,40)(H,36,37)(H,38,39)/t19-,23-,24+/m0/s1. The second-order valence-electron chi connectivity index (χ2n) is 9.46. The van der Waals surface area contributed by atoms with Gasteiger partial charge in [-0.25, -0.2) is 14.4 Å². The number of nitrogens with one attached hydrogen (secondary N) is 2. The number of carboxylic acids is 2. The van der Waals surface area contributed by atoms with E-state index in [4.69, 9.17) is 15.2 Å². The van der Waals surface area contributed by atoms with Crippen LogP contribution in [0.25, 0.3) is 0 Å². The van der Waals surface area contributed by atoms with Crippen LogP contribution >= 0.6 is 0 Å². The number of methoxy groups -OCH3 is 1. The van der Waals surface area contributed by atoms with Crippen molar-refractivity contribution in [2.75, 3.05) is 18.6 Å². The fraction of sp³-hybridized carbons (Fsp3) is 0.414. The van der Waals surface area contributed by atoms with E-state index >= 15 is 0 Å². The predicted molar refractivity (Wildman–Crippen MR) is 153 cm³/mol. The van der Waals surface area contributed by atoms with E-state index < -0.39 is 48.0 Å². The minimum atomic E-state index is -1.49. The van der Waals surface area contributed by atoms with Crippen LogP contribution < -0.4 is 26.0 Å². The number of nitrogens with zero attached hydrogens (tertiary/aromatic N) is 1. The molecule has 0 aliphatic carbocycles. The van der Waals surface area contributed by atoms with Gasteiger partial charge in [0.15, 0.2) is 0 Å². The van der Waals surface area contributed by atoms with Gasteiger partial charge in [-0.1, -0.05) is 30.3 Å². The van der Waals surface area contributed by atoms with E-state index in [1.54, 1.807) is 36.4 Å². The van der Waals surface area contributed by atoms with Crippen LogP contribution in [0.2, 0.25) is 0 Å². The fourth-order valence-electron chi connectivity index (χ4n) is 4.02. The second-order valence-corrected chi connectivity index (χ2v) is 9.46. The summed E-state index contributed by atoms with van der Waals surface area (Å²) in [5.74, 6) is -3.58. The molecule has 228 valence electrons. The topological polar surface area (TPSA) is 198 Å². The van der Waals surface area contributed by atoms with Crippen LogP contribution in [-0.2, 0) is 30.5 Å². The first-order valence-corrected chi connectivity index (χ1v) is 13.5. The number of amides is 3. The number of benzene rings is 2. The Morgan fingerprint density at radius 2 is 1.55 bits per heavy atom. The fourth-order valence-corrected chi connectivity index (χ4v) is 4.02. The quantitative estimate of drug-likeness (QED) is 0.171. The number of rotatable bonds is 17. The van der Waals surface area contributed by atoms with E-state index in [1.807, 2.05) is 6.07 Å². The van der Waals surface area contributed by atoms with Crippen LogP contribution in [0.15, 0.2) is 54.6 Å². The summed E-state index contributed by atoms with van der Waals surface area (Å²) >= 11 is 0. The highest BCUT2D eigenvalue weighted by molar-refractivity contribution is 5.99. The number of alkyl carbamates (subject to hydrolysis) is 1. The van der Waals surface area contributed by atoms with Crippen molar-refractivity contribution in [1.82, 2.24) is 10.6 Å². The molecule has 42 heavy (non-hydrogen) atoms. The van der Waals surface area contributed by atoms with E-state index in [0.29, 0.717) is 25.1 Å². The molecule has 0 aliphatic rings. The van der Waals surface area contributed by atoms with E-state index in [9.17, 15) is 34.2 Å². The zero-order chi connectivity index (χ0) is 31.1. The molecule has 0 aliphatic heterocycles. The van der Waals surface area contributed by atoms with Gasteiger partial charge in [-0.15, -0.1) is 0 Å². The van der Waals surface area contributed by atoms with Crippen molar-refractivity contribution in [1.29, 1.82) is 0 Å². The molecule has 2 aromatic carbocycles. The molecule has 0 heterocycles. The average Bonchev–Trinajstić information content (AvgIpc) is 2.98. The van der Waals surface area contributed by atoms with Crippen molar-refractivity contribution in [3.8, 4) is 5.75 Å². The van der Waals surface area contributed by atoms with Crippen molar-refractivity contribution in [3.05, 3.63) is 60.2 Å². The molecule has 13 heteroatoms. The third-order valence-corrected chi connectivity index (χ3v) is 6.39. The van der Waals surface area contributed by atoms with Gasteiger partial charge >= 0.3 is 18.0 Å². The number of anilines is 1. The molecule has 0 fully saturated rings. The van der Waals surface area contributed by atoms with Gasteiger partial charge in [0.25, 0.3) is 0 Å². The predicted octanol–water partition coefficient (Wildman–Crippen LogP) is 2.27. The summed E-state index contributed by atoms with van der Waals surface area (Å²) in [6, 6.07) is 11.2. The van der Waals surface area contributed by atoms with Gasteiger partial charge in [0.05, 0.1) is 7.11 Å². The van der Waals surface area contributed by atoms with E-state index in [1.165, 1.54) is 26.2 Å². The van der Waals surface area contributed by atoms with Crippen molar-refractivity contribution in [3.63, 3.8) is 0 Å². The molecule has 3 atom stereocenters. The highest BCUT2D eigenvalue weighted by atomic mass is 16.5. The SMILES string of the molecule is COc1ccc(N(C(=O)CC[C@@H](NC(=O)[C@H](CCCCN)NC(=O)OCc2ccccc2)C(=O)O)[C@@H](C)C(=O)O)cc1. The van der Waals surface area contributed by atoms with Crippen molar-refractivity contribution >= 4 is 35.5 Å². The molecule has 0 radical (unpaired) electrons. The van der Waals surface area contributed by atoms with E-state index in [-0.39, 0.29) is 31.6 Å². The van der Waals surface area contributed by atoms with Gasteiger partial charge in [0.1, 0.15) is 30.5 Å². The molecule has 0 spiro atoms. The first kappa shape index (κ1) is 33.6. The van der Waals surface area contributed by atoms with Crippen LogP contribution in [0.1, 0.15) is 44.6 Å². The normalized spacial score (nSPS) is 12.7. The van der Waals surface area contributed by atoms with Gasteiger partial charge in [-0.2, -0.15) is 0 Å². The number of hydrogen-bond donors (Lipinski definition) is 5. The number of aliphatic carboxylic acids is 2. The lowest BCUT2D eigenvalue weighted by molar-refractivity contribution is -0.143. The number of carbonyl (C=O) groups excluding carboxylic acids is 3. The van der Waals surface area contributed by atoms with Crippen LogP contribution in [0.3, 0.4) is 0 Å². The number of ether oxygens (including phenoxy) is 2. The smallest absolute Gasteiger partial charge is 0.408 e. The third kappa shape index (κ3) is 10.7. The Labute approximate surface area is 244 Å². The molecular weight excluding hydrogens is 548 g/mol. The molecule has 0 saturated heterocycles. The molecule has 0 unspecified atom stereocenters. The molecule has 13 nitrogen and oxygen atoms in total. The summed E-state index contributed by atoms with van der Waals surface area (Å²) in [5, 5.41) is 24.2. The molecule has 2 aromatic rings. The maximum atomic E-state index is 13.1. The Hall–Kier alpha value is -4.65. The lowest BCUT2D eigenvalue weighted by Crippen LogP contribution is -2.52. The minimum absolute atomic E-state index is 0.0247. The average molecular weight is 587 g/mol. The van der Waals surface area contributed by atoms with Crippen LogP contribution in [0.4, 0.5) is 10.5 Å². The van der Waals surface area contributed by atoms with Crippen molar-refractivity contribution in [2.45, 2.75) is 63.8 Å². The van der Waals surface area contributed by atoms with Gasteiger partial charge < -0.3 is 36.1 Å². The Balaban J connectivity index is 2.09. The Morgan fingerprint density at radius 3 is 2.12 bits per heavy atom. The molecule has 0 bridgehead atoms. The zero-order valence-electron chi connectivity index (χ0n) is 23.7. The maximum Gasteiger partial charge on any atom is 0.408 e. The van der Waals surface area contributed by atoms with Crippen LogP contribution in [0, 0.1) is 0 Å². The highest BCUT2D eigenvalue weighted by Gasteiger charge is 2.31. The number of carbonyl (C=O) groups is 5. The van der Waals surface area contributed by atoms with Gasteiger partial charge in [-0.3, -0.25) is 14.5 Å². The third-order valence-electron chi connectivity index (χ3n) is 6.39. The minimum Gasteiger partial charge on any atom is -0.497 e. The Bertz CT molecular complexity index is 1190. The Kier molecular flexibility index (Phi) is 13.8. The summed E-state index contributed by atoms with van der Waals surface area (Å²) in [4.78, 5) is 63.3. The monoisotopic (exact) mass is 586 g/mol. The molecule has 3 amide bonds. The van der Waals surface area contributed by atoms with Crippen LogP contribution in [-0.4, -0.2) is 71.8 Å².